The highest BCUT2D eigenvalue weighted by atomic mass is 16.6. The molecule has 2 bridgehead atoms. The normalized spacial score (nSPS) is 41.7. The lowest BCUT2D eigenvalue weighted by atomic mass is 9.59. The van der Waals surface area contributed by atoms with Crippen molar-refractivity contribution in [3.8, 4) is 0 Å². The molecule has 1 aliphatic carbocycles. The standard InChI is InChI=1S/C28H44O9/c1-9-10-21(31)37-27(7)12-11-20(35-17(6)30)28(8,33)25(32)24-22-15(4)19(34-16(5)29)13-18(14(2)3)23(22)26(27)36-24/h14,18-20,22-26,32-33H,4,9-13H2,1-3,5-8H3/t18-,19+,20+,22+,23-,24+,25+,26-,27-,28-/m1/s1. The first-order valence-electron chi connectivity index (χ1n) is 13.4. The van der Waals surface area contributed by atoms with Crippen molar-refractivity contribution in [2.24, 2.45) is 23.7 Å². The van der Waals surface area contributed by atoms with Crippen LogP contribution < -0.4 is 0 Å². The lowest BCUT2D eigenvalue weighted by Gasteiger charge is -2.48. The number of aliphatic hydroxyl groups is 2. The summed E-state index contributed by atoms with van der Waals surface area (Å²) in [6.45, 7) is 16.2. The monoisotopic (exact) mass is 524 g/mol. The van der Waals surface area contributed by atoms with Crippen LogP contribution in [0.5, 0.6) is 0 Å². The number of carbonyl (C=O) groups excluding carboxylic acids is 3. The summed E-state index contributed by atoms with van der Waals surface area (Å²) in [5, 5.41) is 23.2. The van der Waals surface area contributed by atoms with Gasteiger partial charge in [0, 0.05) is 32.1 Å². The van der Waals surface area contributed by atoms with E-state index in [1.807, 2.05) is 13.8 Å². The zero-order valence-corrected chi connectivity index (χ0v) is 23.2. The van der Waals surface area contributed by atoms with Crippen molar-refractivity contribution in [2.75, 3.05) is 0 Å². The molecule has 3 rings (SSSR count). The van der Waals surface area contributed by atoms with Gasteiger partial charge in [0.15, 0.2) is 0 Å². The Morgan fingerprint density at radius 1 is 1.16 bits per heavy atom. The van der Waals surface area contributed by atoms with Crippen molar-refractivity contribution < 1.29 is 43.5 Å². The average molecular weight is 525 g/mol. The van der Waals surface area contributed by atoms with Crippen LogP contribution in [0.2, 0.25) is 0 Å². The first-order valence-corrected chi connectivity index (χ1v) is 13.4. The molecule has 2 N–H and O–H groups in total. The van der Waals surface area contributed by atoms with E-state index in [9.17, 15) is 24.6 Å². The Morgan fingerprint density at radius 3 is 2.32 bits per heavy atom. The molecule has 0 aromatic carbocycles. The van der Waals surface area contributed by atoms with Crippen molar-refractivity contribution in [2.45, 2.75) is 122 Å². The number of rotatable bonds is 6. The van der Waals surface area contributed by atoms with Gasteiger partial charge in [-0.05, 0) is 56.9 Å². The Hall–Kier alpha value is -1.97. The van der Waals surface area contributed by atoms with Gasteiger partial charge in [-0.2, -0.15) is 0 Å². The molecule has 1 saturated carbocycles. The summed E-state index contributed by atoms with van der Waals surface area (Å²) in [6, 6.07) is 0. The number of fused-ring (bicyclic) bond motifs is 5. The quantitative estimate of drug-likeness (QED) is 0.306. The molecule has 0 aromatic heterocycles. The number of esters is 3. The summed E-state index contributed by atoms with van der Waals surface area (Å²) < 4.78 is 23.8. The lowest BCUT2D eigenvalue weighted by Crippen LogP contribution is -2.59. The molecule has 0 radical (unpaired) electrons. The molecule has 0 amide bonds. The molecular weight excluding hydrogens is 480 g/mol. The summed E-state index contributed by atoms with van der Waals surface area (Å²) in [4.78, 5) is 36.6. The first-order chi connectivity index (χ1) is 17.1. The van der Waals surface area contributed by atoms with Crippen molar-refractivity contribution in [3.63, 3.8) is 0 Å². The molecule has 210 valence electrons. The highest BCUT2D eigenvalue weighted by Gasteiger charge is 2.64. The van der Waals surface area contributed by atoms with Gasteiger partial charge in [0.2, 0.25) is 0 Å². The Kier molecular flexibility index (Phi) is 8.82. The van der Waals surface area contributed by atoms with Gasteiger partial charge in [-0.15, -0.1) is 0 Å². The molecule has 10 atom stereocenters. The minimum atomic E-state index is -1.86. The van der Waals surface area contributed by atoms with Crippen molar-refractivity contribution in [1.29, 1.82) is 0 Å². The lowest BCUT2D eigenvalue weighted by molar-refractivity contribution is -0.197. The molecule has 9 heteroatoms. The molecule has 37 heavy (non-hydrogen) atoms. The van der Waals surface area contributed by atoms with Gasteiger partial charge in [0.05, 0.1) is 6.10 Å². The molecule has 0 spiro atoms. The zero-order valence-electron chi connectivity index (χ0n) is 23.2. The van der Waals surface area contributed by atoms with Crippen molar-refractivity contribution in [3.05, 3.63) is 12.2 Å². The number of hydrogen-bond donors (Lipinski definition) is 2. The summed E-state index contributed by atoms with van der Waals surface area (Å²) in [7, 11) is 0. The number of ether oxygens (including phenoxy) is 4. The second kappa shape index (κ2) is 11.0. The summed E-state index contributed by atoms with van der Waals surface area (Å²) in [5.74, 6) is -1.92. The minimum Gasteiger partial charge on any atom is -0.459 e. The van der Waals surface area contributed by atoms with Crippen LogP contribution in [0.1, 0.15) is 80.6 Å². The van der Waals surface area contributed by atoms with Crippen LogP contribution in [0.25, 0.3) is 0 Å². The minimum absolute atomic E-state index is 0.0000979. The average Bonchev–Trinajstić information content (AvgIpc) is 3.18. The SMILES string of the molecule is C=C1[C@@H]2[C@@H]3O[C@H]([C@@H]2[C@@H](C(C)C)C[C@@H]1OC(C)=O)[C@](C)(OC(=O)CCC)CC[C@H](OC(C)=O)[C@@](C)(O)[C@H]3O. The maximum absolute atomic E-state index is 12.8. The van der Waals surface area contributed by atoms with Gasteiger partial charge in [0.1, 0.15) is 35.6 Å². The van der Waals surface area contributed by atoms with E-state index >= 15 is 0 Å². The third-order valence-electron chi connectivity index (χ3n) is 8.58. The van der Waals surface area contributed by atoms with E-state index in [0.717, 1.165) is 0 Å². The molecule has 9 nitrogen and oxygen atoms in total. The molecule has 0 aromatic rings. The smallest absolute Gasteiger partial charge is 0.306 e. The first kappa shape index (κ1) is 29.6. The maximum Gasteiger partial charge on any atom is 0.306 e. The van der Waals surface area contributed by atoms with Crippen LogP contribution in [0.4, 0.5) is 0 Å². The zero-order chi connectivity index (χ0) is 27.9. The molecule has 0 unspecified atom stereocenters. The van der Waals surface area contributed by atoms with Crippen LogP contribution in [0.15, 0.2) is 12.2 Å². The predicted molar refractivity (Wildman–Crippen MR) is 134 cm³/mol. The topological polar surface area (TPSA) is 129 Å². The van der Waals surface area contributed by atoms with E-state index in [2.05, 4.69) is 20.4 Å². The van der Waals surface area contributed by atoms with E-state index in [1.54, 1.807) is 0 Å². The molecule has 2 heterocycles. The number of aliphatic hydroxyl groups excluding tert-OH is 1. The van der Waals surface area contributed by atoms with Crippen LogP contribution in [0.3, 0.4) is 0 Å². The Labute approximate surface area is 219 Å². The molecule has 2 saturated heterocycles. The largest absolute Gasteiger partial charge is 0.459 e. The van der Waals surface area contributed by atoms with Gasteiger partial charge in [-0.3, -0.25) is 14.4 Å². The third-order valence-corrected chi connectivity index (χ3v) is 8.58. The van der Waals surface area contributed by atoms with Gasteiger partial charge in [-0.25, -0.2) is 0 Å². The Balaban J connectivity index is 2.16. The number of hydrogen-bond acceptors (Lipinski definition) is 9. The molecule has 3 fully saturated rings. The predicted octanol–water partition coefficient (Wildman–Crippen LogP) is 3.09. The van der Waals surface area contributed by atoms with Crippen LogP contribution in [0, 0.1) is 23.7 Å². The molecule has 2 aliphatic heterocycles. The highest BCUT2D eigenvalue weighted by molar-refractivity contribution is 5.70. The van der Waals surface area contributed by atoms with Gasteiger partial charge >= 0.3 is 17.9 Å². The van der Waals surface area contributed by atoms with Gasteiger partial charge in [-0.1, -0.05) is 27.4 Å². The van der Waals surface area contributed by atoms with E-state index in [1.165, 1.54) is 20.8 Å². The van der Waals surface area contributed by atoms with Crippen LogP contribution in [-0.4, -0.2) is 69.8 Å². The van der Waals surface area contributed by atoms with E-state index in [-0.39, 0.29) is 43.0 Å². The van der Waals surface area contributed by atoms with E-state index in [0.29, 0.717) is 18.4 Å². The fraction of sp³-hybridized carbons (Fsp3) is 0.821. The molecule has 3 aliphatic rings. The summed E-state index contributed by atoms with van der Waals surface area (Å²) in [6.07, 6.45) is -2.86. The summed E-state index contributed by atoms with van der Waals surface area (Å²) >= 11 is 0. The van der Waals surface area contributed by atoms with Crippen molar-refractivity contribution in [1.82, 2.24) is 0 Å². The van der Waals surface area contributed by atoms with Gasteiger partial charge in [0.25, 0.3) is 0 Å². The maximum atomic E-state index is 12.8. The number of carbonyl (C=O) groups is 3. The second-order valence-electron chi connectivity index (χ2n) is 11.8. The molecular formula is C28H44O9. The summed E-state index contributed by atoms with van der Waals surface area (Å²) in [5.41, 5.74) is -2.38. The third kappa shape index (κ3) is 5.73. The fourth-order valence-electron chi connectivity index (χ4n) is 6.71. The van der Waals surface area contributed by atoms with E-state index < -0.39 is 59.6 Å². The second-order valence-corrected chi connectivity index (χ2v) is 11.8. The van der Waals surface area contributed by atoms with Crippen LogP contribution >= 0.6 is 0 Å². The fourth-order valence-corrected chi connectivity index (χ4v) is 6.71. The van der Waals surface area contributed by atoms with Crippen LogP contribution in [-0.2, 0) is 33.3 Å². The van der Waals surface area contributed by atoms with Crippen molar-refractivity contribution >= 4 is 17.9 Å². The van der Waals surface area contributed by atoms with E-state index in [4.69, 9.17) is 18.9 Å². The highest BCUT2D eigenvalue weighted by Crippen LogP contribution is 2.56. The Bertz CT molecular complexity index is 896. The van der Waals surface area contributed by atoms with Gasteiger partial charge < -0.3 is 29.2 Å². The Morgan fingerprint density at radius 2 is 1.78 bits per heavy atom.